The number of ketones is 1. The molecular formula is C48H51NO16. The lowest BCUT2D eigenvalue weighted by molar-refractivity contribution is -0.346. The van der Waals surface area contributed by atoms with E-state index in [1.54, 1.807) is 68.4 Å². The number of aliphatic hydroxyl groups excluding tert-OH is 2. The number of aliphatic hydroxyl groups is 3. The third-order valence-corrected chi connectivity index (χ3v) is 14.1. The maximum absolute atomic E-state index is 15.5. The highest BCUT2D eigenvalue weighted by molar-refractivity contribution is 5.96. The fourth-order valence-electron chi connectivity index (χ4n) is 10.6. The molecule has 0 spiro atoms. The van der Waals surface area contributed by atoms with Gasteiger partial charge in [-0.15, -0.1) is 0 Å². The molecule has 5 aliphatic rings. The van der Waals surface area contributed by atoms with Crippen molar-refractivity contribution in [2.45, 2.75) is 108 Å². The Morgan fingerprint density at radius 3 is 2.11 bits per heavy atom. The number of esters is 4. The van der Waals surface area contributed by atoms with E-state index in [4.69, 9.17) is 33.2 Å². The summed E-state index contributed by atoms with van der Waals surface area (Å²) in [4.78, 5) is 84.0. The van der Waals surface area contributed by atoms with Crippen LogP contribution in [0.15, 0.2) is 90.0 Å². The SMILES string of the molecule is CC(=O)O[C@H]1C(=O)[C@@]2(C)C([C@H](OC(=O)c3ccccc3)[C@]3(O)C[C@H](OC(=O)[C@H](O)[C@@H](NC(=O)c4ccccc4)c4ccc5c(c4)OCO5)C(C)=C1C3(C)C)[C@]1(OC(C)=O)CO[C@@H]1C[C@@H]2O. The number of hydrogen-bond acceptors (Lipinski definition) is 16. The van der Waals surface area contributed by atoms with E-state index >= 15 is 4.79 Å². The number of Topliss-reactive ketones (excluding diaryl/α,β-unsaturated/α-hetero) is 1. The van der Waals surface area contributed by atoms with Crippen molar-refractivity contribution in [2.24, 2.45) is 16.7 Å². The average molecular weight is 898 g/mol. The Labute approximate surface area is 373 Å². The number of ether oxygens (including phenoxy) is 7. The van der Waals surface area contributed by atoms with Gasteiger partial charge >= 0.3 is 23.9 Å². The van der Waals surface area contributed by atoms with Gasteiger partial charge in [0.05, 0.1) is 35.6 Å². The molecule has 3 aromatic carbocycles. The molecular weight excluding hydrogens is 847 g/mol. The number of amides is 1. The molecule has 0 radical (unpaired) electrons. The minimum absolute atomic E-state index is 0.0235. The lowest BCUT2D eigenvalue weighted by Crippen LogP contribution is -2.82. The Hall–Kier alpha value is -6.14. The summed E-state index contributed by atoms with van der Waals surface area (Å²) in [5, 5.41) is 40.5. The maximum atomic E-state index is 15.5. The molecule has 3 fully saturated rings. The molecule has 2 aliphatic heterocycles. The van der Waals surface area contributed by atoms with Crippen molar-refractivity contribution < 1.29 is 77.2 Å². The predicted molar refractivity (Wildman–Crippen MR) is 224 cm³/mol. The highest BCUT2D eigenvalue weighted by atomic mass is 16.7. The van der Waals surface area contributed by atoms with Gasteiger partial charge in [-0.1, -0.05) is 56.3 Å². The van der Waals surface area contributed by atoms with Crippen LogP contribution >= 0.6 is 0 Å². The summed E-state index contributed by atoms with van der Waals surface area (Å²) in [5.41, 5.74) is -7.33. The molecule has 11 atom stereocenters. The third kappa shape index (κ3) is 7.43. The van der Waals surface area contributed by atoms with Crippen LogP contribution < -0.4 is 14.8 Å². The highest BCUT2D eigenvalue weighted by Gasteiger charge is 2.78. The minimum atomic E-state index is -2.42. The lowest BCUT2D eigenvalue weighted by Gasteiger charge is -2.67. The minimum Gasteiger partial charge on any atom is -0.456 e. The Morgan fingerprint density at radius 1 is 0.846 bits per heavy atom. The van der Waals surface area contributed by atoms with Crippen LogP contribution in [0.1, 0.15) is 86.7 Å². The van der Waals surface area contributed by atoms with Crippen LogP contribution in [0, 0.1) is 16.7 Å². The Balaban J connectivity index is 1.27. The first-order valence-electron chi connectivity index (χ1n) is 21.3. The molecule has 3 aliphatic carbocycles. The maximum Gasteiger partial charge on any atom is 0.338 e. The molecule has 65 heavy (non-hydrogen) atoms. The molecule has 1 amide bonds. The van der Waals surface area contributed by atoms with Gasteiger partial charge in [0.15, 0.2) is 35.1 Å². The molecule has 1 unspecified atom stereocenters. The van der Waals surface area contributed by atoms with Crippen LogP contribution in [0.5, 0.6) is 11.5 Å². The molecule has 2 heterocycles. The van der Waals surface area contributed by atoms with Gasteiger partial charge in [-0.05, 0) is 67.0 Å². The van der Waals surface area contributed by atoms with E-state index in [1.165, 1.54) is 38.1 Å². The first-order chi connectivity index (χ1) is 30.7. The van der Waals surface area contributed by atoms with E-state index < -0.39 is 113 Å². The fourth-order valence-corrected chi connectivity index (χ4v) is 10.6. The van der Waals surface area contributed by atoms with Gasteiger partial charge in [-0.2, -0.15) is 0 Å². The standard InChI is InChI=1S/C48H51NO16/c1-24-32(63-44(57)37(53)36(49-42(55)27-13-9-7-10-14-27)29-17-18-30-31(19-29)61-23-60-30)21-48(58)41(64-43(56)28-15-11-8-12-16-28)39-46(6,33(52)20-34-47(39,22-59-34)65-26(3)51)40(54)38(62-25(2)50)35(24)45(48,4)5/h7-19,32-34,36-39,41,52-53,58H,20-23H2,1-6H3,(H,49,55)/t32-,33-,34+,36-,37+,38+,39?,41-,46+,47-,48+/m0/s1. The number of nitrogens with one attached hydrogen (secondary N) is 1. The zero-order chi connectivity index (χ0) is 46.8. The Kier molecular flexibility index (Phi) is 11.7. The first kappa shape index (κ1) is 45.4. The van der Waals surface area contributed by atoms with Crippen molar-refractivity contribution >= 4 is 35.6 Å². The second-order valence-electron chi connectivity index (χ2n) is 18.1. The van der Waals surface area contributed by atoms with E-state index in [-0.39, 0.29) is 47.7 Å². The van der Waals surface area contributed by atoms with Gasteiger partial charge in [0.25, 0.3) is 5.91 Å². The third-order valence-electron chi connectivity index (χ3n) is 14.1. The molecule has 2 saturated carbocycles. The van der Waals surface area contributed by atoms with Crippen molar-refractivity contribution in [3.05, 3.63) is 107 Å². The summed E-state index contributed by atoms with van der Waals surface area (Å²) < 4.78 is 41.3. The van der Waals surface area contributed by atoms with Gasteiger partial charge in [0.2, 0.25) is 6.79 Å². The number of carbonyl (C=O) groups excluding carboxylic acids is 6. The molecule has 1 saturated heterocycles. The van der Waals surface area contributed by atoms with Crippen LogP contribution in [-0.2, 0) is 42.9 Å². The second kappa shape index (κ2) is 16.7. The summed E-state index contributed by atoms with van der Waals surface area (Å²) in [5.74, 6) is -6.32. The van der Waals surface area contributed by atoms with E-state index in [9.17, 15) is 39.3 Å². The largest absolute Gasteiger partial charge is 0.456 e. The average Bonchev–Trinajstić information content (AvgIpc) is 3.75. The van der Waals surface area contributed by atoms with Gasteiger partial charge in [-0.25, -0.2) is 9.59 Å². The van der Waals surface area contributed by atoms with Gasteiger partial charge < -0.3 is 53.8 Å². The monoisotopic (exact) mass is 897 g/mol. The molecule has 8 rings (SSSR count). The molecule has 0 aromatic heterocycles. The van der Waals surface area contributed by atoms with E-state index in [2.05, 4.69) is 5.32 Å². The van der Waals surface area contributed by atoms with E-state index in [0.29, 0.717) is 11.5 Å². The Morgan fingerprint density at radius 2 is 1.49 bits per heavy atom. The fraction of sp³-hybridized carbons (Fsp3) is 0.458. The summed E-state index contributed by atoms with van der Waals surface area (Å²) in [6, 6.07) is 19.0. The topological polar surface area (TPSA) is 240 Å². The van der Waals surface area contributed by atoms with E-state index in [0.717, 1.165) is 13.8 Å². The number of hydrogen-bond donors (Lipinski definition) is 4. The molecule has 17 nitrogen and oxygen atoms in total. The van der Waals surface area contributed by atoms with Crippen LogP contribution in [0.25, 0.3) is 0 Å². The predicted octanol–water partition coefficient (Wildman–Crippen LogP) is 3.46. The Bertz CT molecular complexity index is 2450. The highest BCUT2D eigenvalue weighted by Crippen LogP contribution is 2.64. The summed E-state index contributed by atoms with van der Waals surface area (Å²) in [6.45, 7) is 7.83. The summed E-state index contributed by atoms with van der Waals surface area (Å²) in [6.07, 6.45) is -10.8. The number of carbonyl (C=O) groups is 6. The smallest absolute Gasteiger partial charge is 0.338 e. The molecule has 17 heteroatoms. The van der Waals surface area contributed by atoms with Crippen molar-refractivity contribution in [1.82, 2.24) is 5.32 Å². The van der Waals surface area contributed by atoms with E-state index in [1.807, 2.05) is 0 Å². The van der Waals surface area contributed by atoms with Crippen LogP contribution in [-0.4, -0.2) is 112 Å². The second-order valence-corrected chi connectivity index (χ2v) is 18.1. The van der Waals surface area contributed by atoms with Crippen molar-refractivity contribution in [3.8, 4) is 11.5 Å². The lowest BCUT2D eigenvalue weighted by atomic mass is 9.44. The summed E-state index contributed by atoms with van der Waals surface area (Å²) >= 11 is 0. The van der Waals surface area contributed by atoms with Gasteiger partial charge in [-0.3, -0.25) is 19.2 Å². The van der Waals surface area contributed by atoms with Crippen molar-refractivity contribution in [3.63, 3.8) is 0 Å². The molecule has 3 aromatic rings. The quantitative estimate of drug-likeness (QED) is 0.129. The van der Waals surface area contributed by atoms with Gasteiger partial charge in [0.1, 0.15) is 23.9 Å². The number of benzene rings is 3. The molecule has 344 valence electrons. The van der Waals surface area contributed by atoms with Crippen LogP contribution in [0.4, 0.5) is 0 Å². The number of rotatable bonds is 10. The zero-order valence-electron chi connectivity index (χ0n) is 36.6. The van der Waals surface area contributed by atoms with Crippen molar-refractivity contribution in [1.29, 1.82) is 0 Å². The summed E-state index contributed by atoms with van der Waals surface area (Å²) in [7, 11) is 0. The molecule has 4 N–H and O–H groups in total. The van der Waals surface area contributed by atoms with Crippen LogP contribution in [0.2, 0.25) is 0 Å². The van der Waals surface area contributed by atoms with Crippen LogP contribution in [0.3, 0.4) is 0 Å². The van der Waals surface area contributed by atoms with Gasteiger partial charge in [0, 0.05) is 37.7 Å². The first-order valence-corrected chi connectivity index (χ1v) is 21.3. The van der Waals surface area contributed by atoms with Crippen molar-refractivity contribution in [2.75, 3.05) is 13.4 Å². The number of fused-ring (bicyclic) bond motifs is 6. The normalized spacial score (nSPS) is 31.6. The zero-order valence-corrected chi connectivity index (χ0v) is 36.6. The molecule has 2 bridgehead atoms.